The Bertz CT molecular complexity index is 881. The van der Waals surface area contributed by atoms with Crippen LogP contribution in [0, 0.1) is 6.92 Å². The quantitative estimate of drug-likeness (QED) is 0.583. The standard InChI is InChI=1S/C20H21ClN4O/c1-13(2)26-18-7-5-4-6-17(18)25-20-12-19(22-14(3)23-20)24-16-10-8-15(21)9-11-16/h4-13H,1-3H3,(H2,22,23,24,25). The van der Waals surface area contributed by atoms with Crippen LogP contribution >= 0.6 is 11.6 Å². The highest BCUT2D eigenvalue weighted by molar-refractivity contribution is 6.30. The fourth-order valence-corrected chi connectivity index (χ4v) is 2.57. The molecule has 5 nitrogen and oxygen atoms in total. The number of nitrogens with zero attached hydrogens (tertiary/aromatic N) is 2. The van der Waals surface area contributed by atoms with Gasteiger partial charge in [-0.15, -0.1) is 0 Å². The molecule has 0 aliphatic rings. The normalized spacial score (nSPS) is 10.7. The monoisotopic (exact) mass is 368 g/mol. The molecule has 3 aromatic rings. The molecule has 0 aliphatic heterocycles. The minimum absolute atomic E-state index is 0.0900. The van der Waals surface area contributed by atoms with E-state index in [0.717, 1.165) is 17.1 Å². The maximum atomic E-state index is 5.93. The summed E-state index contributed by atoms with van der Waals surface area (Å²) < 4.78 is 5.85. The molecular weight excluding hydrogens is 348 g/mol. The lowest BCUT2D eigenvalue weighted by molar-refractivity contribution is 0.244. The molecule has 1 aromatic heterocycles. The van der Waals surface area contributed by atoms with Crippen LogP contribution in [0.25, 0.3) is 0 Å². The fourth-order valence-electron chi connectivity index (χ4n) is 2.44. The van der Waals surface area contributed by atoms with E-state index < -0.39 is 0 Å². The first-order chi connectivity index (χ1) is 12.5. The van der Waals surface area contributed by atoms with Gasteiger partial charge in [0.1, 0.15) is 23.2 Å². The SMILES string of the molecule is Cc1nc(Nc2ccc(Cl)cc2)cc(Nc2ccccc2OC(C)C)n1. The van der Waals surface area contributed by atoms with E-state index in [2.05, 4.69) is 20.6 Å². The Hall–Kier alpha value is -2.79. The number of halogens is 1. The lowest BCUT2D eigenvalue weighted by Crippen LogP contribution is -2.08. The summed E-state index contributed by atoms with van der Waals surface area (Å²) >= 11 is 5.93. The maximum Gasteiger partial charge on any atom is 0.143 e. The van der Waals surface area contributed by atoms with Crippen LogP contribution in [-0.2, 0) is 0 Å². The predicted molar refractivity (Wildman–Crippen MR) is 107 cm³/mol. The number of para-hydroxylation sites is 2. The second kappa shape index (κ2) is 8.06. The second-order valence-corrected chi connectivity index (χ2v) is 6.54. The van der Waals surface area contributed by atoms with Crippen LogP contribution in [0.5, 0.6) is 5.75 Å². The zero-order valence-electron chi connectivity index (χ0n) is 15.0. The van der Waals surface area contributed by atoms with Gasteiger partial charge in [-0.1, -0.05) is 23.7 Å². The molecule has 1 heterocycles. The minimum Gasteiger partial charge on any atom is -0.489 e. The minimum atomic E-state index is 0.0900. The largest absolute Gasteiger partial charge is 0.489 e. The Labute approximate surface area is 158 Å². The predicted octanol–water partition coefficient (Wildman–Crippen LogP) is 5.71. The van der Waals surface area contributed by atoms with Crippen molar-refractivity contribution in [3.8, 4) is 5.75 Å². The van der Waals surface area contributed by atoms with Crippen molar-refractivity contribution in [2.75, 3.05) is 10.6 Å². The first-order valence-corrected chi connectivity index (χ1v) is 8.78. The summed E-state index contributed by atoms with van der Waals surface area (Å²) in [6, 6.07) is 17.1. The Morgan fingerprint density at radius 1 is 0.923 bits per heavy atom. The average molecular weight is 369 g/mol. The molecule has 0 spiro atoms. The van der Waals surface area contributed by atoms with Crippen molar-refractivity contribution in [3.63, 3.8) is 0 Å². The van der Waals surface area contributed by atoms with Crippen LogP contribution in [0.15, 0.2) is 54.6 Å². The molecule has 134 valence electrons. The number of aromatic nitrogens is 2. The lowest BCUT2D eigenvalue weighted by Gasteiger charge is -2.16. The van der Waals surface area contributed by atoms with Gasteiger partial charge in [-0.2, -0.15) is 0 Å². The summed E-state index contributed by atoms with van der Waals surface area (Å²) in [5, 5.41) is 7.27. The number of hydrogen-bond donors (Lipinski definition) is 2. The smallest absolute Gasteiger partial charge is 0.143 e. The second-order valence-electron chi connectivity index (χ2n) is 6.11. The summed E-state index contributed by atoms with van der Waals surface area (Å²) in [6.07, 6.45) is 0.0900. The number of hydrogen-bond acceptors (Lipinski definition) is 5. The lowest BCUT2D eigenvalue weighted by atomic mass is 10.3. The first kappa shape index (κ1) is 18.0. The maximum absolute atomic E-state index is 5.93. The highest BCUT2D eigenvalue weighted by atomic mass is 35.5. The summed E-state index contributed by atoms with van der Waals surface area (Å²) in [7, 11) is 0. The van der Waals surface area contributed by atoms with E-state index in [9.17, 15) is 0 Å². The number of ether oxygens (including phenoxy) is 1. The van der Waals surface area contributed by atoms with Crippen molar-refractivity contribution in [2.45, 2.75) is 26.9 Å². The molecule has 0 saturated carbocycles. The molecule has 6 heteroatoms. The molecule has 0 unspecified atom stereocenters. The van der Waals surface area contributed by atoms with Gasteiger partial charge in [0.05, 0.1) is 11.8 Å². The van der Waals surface area contributed by atoms with Gasteiger partial charge in [-0.05, 0) is 57.2 Å². The molecule has 0 amide bonds. The fraction of sp³-hybridized carbons (Fsp3) is 0.200. The van der Waals surface area contributed by atoms with E-state index in [1.165, 1.54) is 0 Å². The van der Waals surface area contributed by atoms with Gasteiger partial charge in [0, 0.05) is 16.8 Å². The van der Waals surface area contributed by atoms with Crippen LogP contribution in [0.3, 0.4) is 0 Å². The number of rotatable bonds is 6. The molecule has 0 atom stereocenters. The van der Waals surface area contributed by atoms with Crippen LogP contribution in [0.4, 0.5) is 23.0 Å². The average Bonchev–Trinajstić information content (AvgIpc) is 2.58. The molecule has 0 bridgehead atoms. The third-order valence-electron chi connectivity index (χ3n) is 3.47. The van der Waals surface area contributed by atoms with E-state index >= 15 is 0 Å². The van der Waals surface area contributed by atoms with Gasteiger partial charge in [0.15, 0.2) is 0 Å². The van der Waals surface area contributed by atoms with Gasteiger partial charge < -0.3 is 15.4 Å². The van der Waals surface area contributed by atoms with Crippen LogP contribution < -0.4 is 15.4 Å². The van der Waals surface area contributed by atoms with Crippen molar-refractivity contribution in [1.82, 2.24) is 9.97 Å². The van der Waals surface area contributed by atoms with E-state index in [4.69, 9.17) is 16.3 Å². The van der Waals surface area contributed by atoms with E-state index in [0.29, 0.717) is 22.5 Å². The molecule has 2 N–H and O–H groups in total. The van der Waals surface area contributed by atoms with Crippen molar-refractivity contribution in [1.29, 1.82) is 0 Å². The van der Waals surface area contributed by atoms with Gasteiger partial charge >= 0.3 is 0 Å². The third-order valence-corrected chi connectivity index (χ3v) is 3.72. The number of benzene rings is 2. The Morgan fingerprint density at radius 3 is 2.27 bits per heavy atom. The molecular formula is C20H21ClN4O. The highest BCUT2D eigenvalue weighted by Crippen LogP contribution is 2.28. The zero-order chi connectivity index (χ0) is 18.5. The molecule has 0 saturated heterocycles. The summed E-state index contributed by atoms with van der Waals surface area (Å²) in [6.45, 7) is 5.86. The Kier molecular flexibility index (Phi) is 5.58. The van der Waals surface area contributed by atoms with E-state index in [1.54, 1.807) is 0 Å². The number of nitrogens with one attached hydrogen (secondary N) is 2. The summed E-state index contributed by atoms with van der Waals surface area (Å²) in [4.78, 5) is 8.90. The van der Waals surface area contributed by atoms with Crippen molar-refractivity contribution in [3.05, 3.63) is 65.4 Å². The number of anilines is 4. The zero-order valence-corrected chi connectivity index (χ0v) is 15.7. The summed E-state index contributed by atoms with van der Waals surface area (Å²) in [5.74, 6) is 2.83. The Morgan fingerprint density at radius 2 is 1.58 bits per heavy atom. The Balaban J connectivity index is 1.83. The number of aryl methyl sites for hydroxylation is 1. The molecule has 0 radical (unpaired) electrons. The van der Waals surface area contributed by atoms with Crippen molar-refractivity contribution in [2.24, 2.45) is 0 Å². The van der Waals surface area contributed by atoms with Gasteiger partial charge in [0.2, 0.25) is 0 Å². The molecule has 0 aliphatic carbocycles. The van der Waals surface area contributed by atoms with Crippen molar-refractivity contribution >= 4 is 34.6 Å². The van der Waals surface area contributed by atoms with E-state index in [1.807, 2.05) is 75.4 Å². The van der Waals surface area contributed by atoms with Crippen LogP contribution in [0.1, 0.15) is 19.7 Å². The molecule has 3 rings (SSSR count). The highest BCUT2D eigenvalue weighted by Gasteiger charge is 2.08. The van der Waals surface area contributed by atoms with Gasteiger partial charge in [-0.3, -0.25) is 0 Å². The molecule has 0 fully saturated rings. The third kappa shape index (κ3) is 4.86. The van der Waals surface area contributed by atoms with Gasteiger partial charge in [0.25, 0.3) is 0 Å². The molecule has 26 heavy (non-hydrogen) atoms. The van der Waals surface area contributed by atoms with Crippen molar-refractivity contribution < 1.29 is 4.74 Å². The first-order valence-electron chi connectivity index (χ1n) is 8.40. The van der Waals surface area contributed by atoms with E-state index in [-0.39, 0.29) is 6.10 Å². The topological polar surface area (TPSA) is 59.1 Å². The van der Waals surface area contributed by atoms with Crippen LogP contribution in [-0.4, -0.2) is 16.1 Å². The molecule has 2 aromatic carbocycles. The summed E-state index contributed by atoms with van der Waals surface area (Å²) in [5.41, 5.74) is 1.76. The van der Waals surface area contributed by atoms with Gasteiger partial charge in [-0.25, -0.2) is 9.97 Å². The van der Waals surface area contributed by atoms with Crippen LogP contribution in [0.2, 0.25) is 5.02 Å².